The molecule has 0 radical (unpaired) electrons. The fraction of sp³-hybridized carbons (Fsp3) is 0.400. The van der Waals surface area contributed by atoms with E-state index < -0.39 is 10.0 Å². The van der Waals surface area contributed by atoms with Gasteiger partial charge in [-0.25, -0.2) is 8.42 Å². The van der Waals surface area contributed by atoms with Crippen molar-refractivity contribution in [2.75, 3.05) is 19.3 Å². The predicted molar refractivity (Wildman–Crippen MR) is 61.7 cm³/mol. The maximum Gasteiger partial charge on any atom is 0.124 e. The Morgan fingerprint density at radius 2 is 2.06 bits per heavy atom. The number of phenolic OH excluding ortho intramolecular Hbond substituents is 1. The van der Waals surface area contributed by atoms with Crippen molar-refractivity contribution < 1.29 is 18.8 Å². The lowest BCUT2D eigenvalue weighted by Crippen LogP contribution is -2.83. The molecule has 0 aromatic heterocycles. The number of quaternary nitrogens is 1. The molecule has 6 heteroatoms. The maximum absolute atomic E-state index is 10.7. The first-order valence-electron chi connectivity index (χ1n) is 4.96. The smallest absolute Gasteiger partial charge is 0.124 e. The third-order valence-corrected chi connectivity index (χ3v) is 2.67. The maximum atomic E-state index is 10.7. The van der Waals surface area contributed by atoms with Crippen molar-refractivity contribution >= 4 is 10.0 Å². The quantitative estimate of drug-likeness (QED) is 0.679. The van der Waals surface area contributed by atoms with Crippen LogP contribution in [-0.4, -0.2) is 32.9 Å². The lowest BCUT2D eigenvalue weighted by Gasteiger charge is -2.14. The highest BCUT2D eigenvalue weighted by atomic mass is 32.2. The standard InChI is InChI=1S/C10H15N2O3S/c1-16(14,15)12-7-6-11-8-9-4-2-3-5-10(9)13/h2-5,11,13H,6-8H2,1H3/q-1/p+1. The lowest BCUT2D eigenvalue weighted by molar-refractivity contribution is -0.667. The molecule has 0 saturated heterocycles. The first kappa shape index (κ1) is 13.0. The Labute approximate surface area is 95.5 Å². The van der Waals surface area contributed by atoms with Gasteiger partial charge in [0.1, 0.15) is 12.3 Å². The summed E-state index contributed by atoms with van der Waals surface area (Å²) < 4.78 is 24.9. The molecule has 1 aromatic rings. The minimum Gasteiger partial charge on any atom is -0.545 e. The van der Waals surface area contributed by atoms with Crippen molar-refractivity contribution in [1.29, 1.82) is 0 Å². The molecule has 5 nitrogen and oxygen atoms in total. The molecule has 0 spiro atoms. The van der Waals surface area contributed by atoms with Crippen LogP contribution in [0.15, 0.2) is 24.3 Å². The van der Waals surface area contributed by atoms with E-state index in [-0.39, 0.29) is 12.3 Å². The Morgan fingerprint density at radius 3 is 2.69 bits per heavy atom. The van der Waals surface area contributed by atoms with Crippen molar-refractivity contribution in [2.45, 2.75) is 6.54 Å². The van der Waals surface area contributed by atoms with Crippen molar-refractivity contribution in [3.8, 4) is 5.75 Å². The summed E-state index contributed by atoms with van der Waals surface area (Å²) in [5, 5.41) is 11.4. The number of hydrogen-bond donors (Lipinski definition) is 2. The average Bonchev–Trinajstić information content (AvgIpc) is 2.18. The molecule has 0 saturated carbocycles. The van der Waals surface area contributed by atoms with E-state index in [0.29, 0.717) is 13.1 Å². The molecule has 0 aliphatic heterocycles. The van der Waals surface area contributed by atoms with Crippen LogP contribution >= 0.6 is 0 Å². The SMILES string of the molecule is CS(=O)(=O)[N-]CC[NH2+]Cc1ccccc1O. The predicted octanol–water partition coefficient (Wildman–Crippen LogP) is -0.211. The molecule has 0 unspecified atom stereocenters. The number of hydrogen-bond acceptors (Lipinski definition) is 3. The highest BCUT2D eigenvalue weighted by Gasteiger charge is 1.99. The number of aromatic hydroxyl groups is 1. The molecule has 90 valence electrons. The van der Waals surface area contributed by atoms with Gasteiger partial charge in [-0.3, -0.25) is 0 Å². The minimum atomic E-state index is -3.22. The molecule has 0 heterocycles. The Bertz CT molecular complexity index is 431. The van der Waals surface area contributed by atoms with E-state index in [1.54, 1.807) is 12.1 Å². The average molecular weight is 244 g/mol. The zero-order chi connectivity index (χ0) is 12.0. The number of rotatable bonds is 6. The van der Waals surface area contributed by atoms with E-state index >= 15 is 0 Å². The number of nitrogens with zero attached hydrogens (tertiary/aromatic N) is 1. The minimum absolute atomic E-state index is 0.263. The number of para-hydroxylation sites is 1. The summed E-state index contributed by atoms with van der Waals surface area (Å²) in [7, 11) is -3.22. The van der Waals surface area contributed by atoms with Gasteiger partial charge in [-0.05, 0) is 12.1 Å². The van der Waals surface area contributed by atoms with Gasteiger partial charge in [-0.2, -0.15) is 0 Å². The fourth-order valence-corrected chi connectivity index (χ4v) is 1.69. The summed E-state index contributed by atoms with van der Waals surface area (Å²) in [5.74, 6) is 0.263. The van der Waals surface area contributed by atoms with Gasteiger partial charge in [-0.1, -0.05) is 18.7 Å². The van der Waals surface area contributed by atoms with Gasteiger partial charge in [0.25, 0.3) is 0 Å². The van der Waals surface area contributed by atoms with Gasteiger partial charge < -0.3 is 15.1 Å². The summed E-state index contributed by atoms with van der Waals surface area (Å²) in [6.07, 6.45) is 1.08. The Morgan fingerprint density at radius 1 is 1.38 bits per heavy atom. The monoisotopic (exact) mass is 244 g/mol. The van der Waals surface area contributed by atoms with E-state index in [1.807, 2.05) is 17.4 Å². The van der Waals surface area contributed by atoms with Crippen LogP contribution in [-0.2, 0) is 16.6 Å². The second kappa shape index (κ2) is 5.83. The van der Waals surface area contributed by atoms with Gasteiger partial charge >= 0.3 is 0 Å². The first-order chi connectivity index (χ1) is 7.49. The van der Waals surface area contributed by atoms with Gasteiger partial charge in [0.05, 0.1) is 16.6 Å². The highest BCUT2D eigenvalue weighted by Crippen LogP contribution is 2.13. The molecule has 0 fully saturated rings. The summed E-state index contributed by atoms with van der Waals surface area (Å²) in [4.78, 5) is 0. The van der Waals surface area contributed by atoms with Gasteiger partial charge in [-0.15, -0.1) is 0 Å². The molecule has 0 bridgehead atoms. The topological polar surface area (TPSA) is 85.1 Å². The van der Waals surface area contributed by atoms with Crippen molar-refractivity contribution in [1.82, 2.24) is 0 Å². The lowest BCUT2D eigenvalue weighted by atomic mass is 10.2. The number of nitrogens with two attached hydrogens (primary N) is 1. The normalized spacial score (nSPS) is 11.6. The van der Waals surface area contributed by atoms with Crippen LogP contribution in [0.5, 0.6) is 5.75 Å². The third-order valence-electron chi connectivity index (χ3n) is 2.01. The molecule has 3 N–H and O–H groups in total. The van der Waals surface area contributed by atoms with Crippen LogP contribution in [0, 0.1) is 0 Å². The zero-order valence-electron chi connectivity index (χ0n) is 9.13. The van der Waals surface area contributed by atoms with E-state index in [2.05, 4.69) is 4.72 Å². The number of benzene rings is 1. The van der Waals surface area contributed by atoms with Crippen molar-refractivity contribution in [3.05, 3.63) is 34.6 Å². The fourth-order valence-electron chi connectivity index (χ4n) is 1.25. The summed E-state index contributed by atoms with van der Waals surface area (Å²) in [6.45, 7) is 1.47. The number of phenols is 1. The van der Waals surface area contributed by atoms with Gasteiger partial charge in [0.2, 0.25) is 0 Å². The Kier molecular flexibility index (Phi) is 4.72. The van der Waals surface area contributed by atoms with Crippen LogP contribution in [0.3, 0.4) is 0 Å². The Balaban J connectivity index is 2.24. The van der Waals surface area contributed by atoms with Gasteiger partial charge in [0.15, 0.2) is 0 Å². The molecule has 1 aromatic carbocycles. The second-order valence-corrected chi connectivity index (χ2v) is 5.22. The second-order valence-electron chi connectivity index (χ2n) is 3.50. The first-order valence-corrected chi connectivity index (χ1v) is 6.81. The van der Waals surface area contributed by atoms with Crippen molar-refractivity contribution in [3.63, 3.8) is 0 Å². The van der Waals surface area contributed by atoms with Crippen LogP contribution < -0.4 is 5.32 Å². The van der Waals surface area contributed by atoms with Crippen molar-refractivity contribution in [2.24, 2.45) is 0 Å². The molecule has 0 aliphatic carbocycles. The number of sulfonamides is 1. The van der Waals surface area contributed by atoms with E-state index in [4.69, 9.17) is 0 Å². The zero-order valence-corrected chi connectivity index (χ0v) is 9.94. The molecular formula is C10H16N2O3S. The molecule has 1 rings (SSSR count). The van der Waals surface area contributed by atoms with E-state index in [0.717, 1.165) is 11.8 Å². The molecule has 16 heavy (non-hydrogen) atoms. The van der Waals surface area contributed by atoms with Crippen LogP contribution in [0.4, 0.5) is 0 Å². The Hall–Kier alpha value is -1.11. The summed E-state index contributed by atoms with van der Waals surface area (Å²) in [6, 6.07) is 7.07. The summed E-state index contributed by atoms with van der Waals surface area (Å²) in [5.41, 5.74) is 0.835. The third kappa shape index (κ3) is 5.11. The largest absolute Gasteiger partial charge is 0.545 e. The molecule has 0 aliphatic rings. The van der Waals surface area contributed by atoms with Crippen LogP contribution in [0.25, 0.3) is 4.72 Å². The highest BCUT2D eigenvalue weighted by molar-refractivity contribution is 7.93. The van der Waals surface area contributed by atoms with Gasteiger partial charge in [0, 0.05) is 11.8 Å². The molecule has 0 atom stereocenters. The van der Waals surface area contributed by atoms with E-state index in [9.17, 15) is 13.5 Å². The summed E-state index contributed by atoms with van der Waals surface area (Å²) >= 11 is 0. The molecular weight excluding hydrogens is 228 g/mol. The van der Waals surface area contributed by atoms with Crippen LogP contribution in [0.1, 0.15) is 5.56 Å². The van der Waals surface area contributed by atoms with E-state index in [1.165, 1.54) is 0 Å². The molecule has 0 amide bonds. The van der Waals surface area contributed by atoms with Crippen LogP contribution in [0.2, 0.25) is 0 Å².